The Bertz CT molecular complexity index is 753. The van der Waals surface area contributed by atoms with Gasteiger partial charge in [-0.1, -0.05) is 55.8 Å². The molecule has 0 atom stereocenters. The Labute approximate surface area is 126 Å². The first kappa shape index (κ1) is 13.9. The monoisotopic (exact) mass is 278 g/mol. The van der Waals surface area contributed by atoms with Crippen molar-refractivity contribution in [2.45, 2.75) is 33.7 Å². The molecule has 0 bridgehead atoms. The van der Waals surface area contributed by atoms with Crippen LogP contribution in [-0.4, -0.2) is 9.55 Å². The molecule has 1 aromatic heterocycles. The standard InChI is InChI=1S/C19H22N2/c1-14(2)11-19-20-17-9-4-5-10-18(17)21(19)13-16-8-6-7-15(3)12-16/h4-10,12,14H,11,13H2,1-3H3. The van der Waals surface area contributed by atoms with E-state index in [1.807, 2.05) is 0 Å². The van der Waals surface area contributed by atoms with Gasteiger partial charge < -0.3 is 4.57 Å². The SMILES string of the molecule is Cc1cccc(Cn2c(CC(C)C)nc3ccccc32)c1. The highest BCUT2D eigenvalue weighted by molar-refractivity contribution is 5.76. The molecular formula is C19H22N2. The summed E-state index contributed by atoms with van der Waals surface area (Å²) >= 11 is 0. The Morgan fingerprint density at radius 3 is 2.62 bits per heavy atom. The quantitative estimate of drug-likeness (QED) is 0.682. The maximum atomic E-state index is 4.83. The van der Waals surface area contributed by atoms with Gasteiger partial charge in [0.25, 0.3) is 0 Å². The van der Waals surface area contributed by atoms with Gasteiger partial charge in [-0.25, -0.2) is 4.98 Å². The van der Waals surface area contributed by atoms with Crippen molar-refractivity contribution >= 4 is 11.0 Å². The van der Waals surface area contributed by atoms with E-state index in [-0.39, 0.29) is 0 Å². The molecule has 0 spiro atoms. The van der Waals surface area contributed by atoms with Crippen LogP contribution in [0.4, 0.5) is 0 Å². The molecule has 0 radical (unpaired) electrons. The second-order valence-corrected chi connectivity index (χ2v) is 6.19. The van der Waals surface area contributed by atoms with Gasteiger partial charge in [0.05, 0.1) is 11.0 Å². The fourth-order valence-electron chi connectivity index (χ4n) is 2.82. The van der Waals surface area contributed by atoms with Gasteiger partial charge in [-0.2, -0.15) is 0 Å². The van der Waals surface area contributed by atoms with Crippen LogP contribution in [0.2, 0.25) is 0 Å². The highest BCUT2D eigenvalue weighted by atomic mass is 15.1. The van der Waals surface area contributed by atoms with E-state index < -0.39 is 0 Å². The van der Waals surface area contributed by atoms with Crippen LogP contribution in [0.1, 0.15) is 30.8 Å². The van der Waals surface area contributed by atoms with E-state index in [0.29, 0.717) is 5.92 Å². The van der Waals surface area contributed by atoms with Crippen molar-refractivity contribution in [2.75, 3.05) is 0 Å². The number of para-hydroxylation sites is 2. The average Bonchev–Trinajstić information content (AvgIpc) is 2.76. The van der Waals surface area contributed by atoms with Crippen LogP contribution in [0.25, 0.3) is 11.0 Å². The number of hydrogen-bond donors (Lipinski definition) is 0. The summed E-state index contributed by atoms with van der Waals surface area (Å²) in [6.45, 7) is 7.53. The van der Waals surface area contributed by atoms with E-state index >= 15 is 0 Å². The lowest BCUT2D eigenvalue weighted by atomic mass is 10.1. The topological polar surface area (TPSA) is 17.8 Å². The van der Waals surface area contributed by atoms with Crippen molar-refractivity contribution in [1.29, 1.82) is 0 Å². The number of imidazole rings is 1. The molecule has 0 amide bonds. The number of benzene rings is 2. The molecule has 108 valence electrons. The minimum absolute atomic E-state index is 0.609. The number of rotatable bonds is 4. The fourth-order valence-corrected chi connectivity index (χ4v) is 2.82. The Morgan fingerprint density at radius 2 is 1.86 bits per heavy atom. The van der Waals surface area contributed by atoms with Gasteiger partial charge in [-0.15, -0.1) is 0 Å². The second kappa shape index (κ2) is 5.72. The predicted molar refractivity (Wildman–Crippen MR) is 88.6 cm³/mol. The summed E-state index contributed by atoms with van der Waals surface area (Å²) in [6.07, 6.45) is 1.01. The molecule has 21 heavy (non-hydrogen) atoms. The van der Waals surface area contributed by atoms with Crippen LogP contribution in [0.3, 0.4) is 0 Å². The van der Waals surface area contributed by atoms with Crippen molar-refractivity contribution in [3.05, 3.63) is 65.5 Å². The van der Waals surface area contributed by atoms with Crippen molar-refractivity contribution < 1.29 is 0 Å². The van der Waals surface area contributed by atoms with Gasteiger partial charge in [-0.3, -0.25) is 0 Å². The summed E-state index contributed by atoms with van der Waals surface area (Å²) in [6, 6.07) is 17.2. The van der Waals surface area contributed by atoms with E-state index in [9.17, 15) is 0 Å². The summed E-state index contributed by atoms with van der Waals surface area (Å²) in [4.78, 5) is 4.83. The smallest absolute Gasteiger partial charge is 0.110 e. The normalized spacial score (nSPS) is 11.4. The van der Waals surface area contributed by atoms with E-state index in [4.69, 9.17) is 4.98 Å². The third kappa shape index (κ3) is 2.99. The Kier molecular flexibility index (Phi) is 3.78. The summed E-state index contributed by atoms with van der Waals surface area (Å²) < 4.78 is 2.37. The molecule has 0 aliphatic heterocycles. The summed E-state index contributed by atoms with van der Waals surface area (Å²) in [7, 11) is 0. The van der Waals surface area contributed by atoms with E-state index in [2.05, 4.69) is 73.9 Å². The van der Waals surface area contributed by atoms with Gasteiger partial charge in [-0.05, 0) is 30.5 Å². The zero-order chi connectivity index (χ0) is 14.8. The molecule has 0 unspecified atom stereocenters. The molecule has 2 heteroatoms. The molecule has 3 rings (SSSR count). The maximum Gasteiger partial charge on any atom is 0.110 e. The van der Waals surface area contributed by atoms with Crippen LogP contribution < -0.4 is 0 Å². The molecule has 0 saturated carbocycles. The molecule has 0 saturated heterocycles. The van der Waals surface area contributed by atoms with Crippen LogP contribution >= 0.6 is 0 Å². The lowest BCUT2D eigenvalue weighted by molar-refractivity contribution is 0.595. The Morgan fingerprint density at radius 1 is 1.05 bits per heavy atom. The van der Waals surface area contributed by atoms with Gasteiger partial charge in [0.1, 0.15) is 5.82 Å². The molecule has 0 aliphatic rings. The van der Waals surface area contributed by atoms with Gasteiger partial charge in [0.15, 0.2) is 0 Å². The highest BCUT2D eigenvalue weighted by Crippen LogP contribution is 2.20. The van der Waals surface area contributed by atoms with Gasteiger partial charge in [0, 0.05) is 13.0 Å². The van der Waals surface area contributed by atoms with Crippen LogP contribution in [-0.2, 0) is 13.0 Å². The maximum absolute atomic E-state index is 4.83. The van der Waals surface area contributed by atoms with Crippen molar-refractivity contribution in [3.63, 3.8) is 0 Å². The molecule has 3 aromatic rings. The summed E-state index contributed by atoms with van der Waals surface area (Å²) in [5.74, 6) is 1.80. The second-order valence-electron chi connectivity index (χ2n) is 6.19. The molecule has 0 fully saturated rings. The minimum Gasteiger partial charge on any atom is -0.323 e. The molecule has 1 heterocycles. The van der Waals surface area contributed by atoms with Crippen molar-refractivity contribution in [1.82, 2.24) is 9.55 Å². The molecular weight excluding hydrogens is 256 g/mol. The van der Waals surface area contributed by atoms with Crippen molar-refractivity contribution in [3.8, 4) is 0 Å². The minimum atomic E-state index is 0.609. The third-order valence-corrected chi connectivity index (χ3v) is 3.75. The molecule has 0 aliphatic carbocycles. The summed E-state index contributed by atoms with van der Waals surface area (Å²) in [5, 5.41) is 0. The number of aromatic nitrogens is 2. The molecule has 2 aromatic carbocycles. The first-order valence-corrected chi connectivity index (χ1v) is 7.63. The number of fused-ring (bicyclic) bond motifs is 1. The third-order valence-electron chi connectivity index (χ3n) is 3.75. The van der Waals surface area contributed by atoms with Crippen LogP contribution in [0.15, 0.2) is 48.5 Å². The zero-order valence-electron chi connectivity index (χ0n) is 13.0. The average molecular weight is 278 g/mol. The van der Waals surface area contributed by atoms with Crippen LogP contribution in [0, 0.1) is 12.8 Å². The first-order chi connectivity index (χ1) is 10.1. The van der Waals surface area contributed by atoms with Gasteiger partial charge >= 0.3 is 0 Å². The predicted octanol–water partition coefficient (Wildman–Crippen LogP) is 4.59. The number of aryl methyl sites for hydroxylation is 1. The molecule has 0 N–H and O–H groups in total. The van der Waals surface area contributed by atoms with E-state index in [0.717, 1.165) is 18.5 Å². The van der Waals surface area contributed by atoms with Gasteiger partial charge in [0.2, 0.25) is 0 Å². The Balaban J connectivity index is 2.06. The number of hydrogen-bond acceptors (Lipinski definition) is 1. The molecule has 2 nitrogen and oxygen atoms in total. The van der Waals surface area contributed by atoms with Crippen molar-refractivity contribution in [2.24, 2.45) is 5.92 Å². The Hall–Kier alpha value is -2.09. The largest absolute Gasteiger partial charge is 0.323 e. The summed E-state index contributed by atoms with van der Waals surface area (Å²) in [5.41, 5.74) is 4.97. The lowest BCUT2D eigenvalue weighted by Crippen LogP contribution is -2.08. The van der Waals surface area contributed by atoms with E-state index in [1.165, 1.54) is 22.5 Å². The highest BCUT2D eigenvalue weighted by Gasteiger charge is 2.12. The zero-order valence-corrected chi connectivity index (χ0v) is 13.0. The number of nitrogens with zero attached hydrogens (tertiary/aromatic N) is 2. The van der Waals surface area contributed by atoms with Crippen LogP contribution in [0.5, 0.6) is 0 Å². The lowest BCUT2D eigenvalue weighted by Gasteiger charge is -2.11. The first-order valence-electron chi connectivity index (χ1n) is 7.63. The fraction of sp³-hybridized carbons (Fsp3) is 0.316. The van der Waals surface area contributed by atoms with E-state index in [1.54, 1.807) is 0 Å².